The fraction of sp³-hybridized carbons (Fsp3) is 0.174. The number of nitrogens with one attached hydrogen (secondary N) is 1. The Hall–Kier alpha value is -2.85. The first-order valence-corrected chi connectivity index (χ1v) is 9.98. The standard InChI is InChI=1S/C23H22N2OS/c1-16-7-6-8-18(13-16)15-24-23(26)21-14-22-20(11-12-27-22)25(21)17(2)19-9-4-3-5-10-19/h3-14,17H,15H2,1-2H3,(H,24,26)/t17-/m0/s1. The maximum atomic E-state index is 13.0. The van der Waals surface area contributed by atoms with Crippen LogP contribution in [0.5, 0.6) is 0 Å². The van der Waals surface area contributed by atoms with Gasteiger partial charge < -0.3 is 9.88 Å². The average molecular weight is 375 g/mol. The molecule has 2 aromatic carbocycles. The summed E-state index contributed by atoms with van der Waals surface area (Å²) < 4.78 is 3.28. The van der Waals surface area contributed by atoms with Gasteiger partial charge in [0.25, 0.3) is 5.91 Å². The molecular weight excluding hydrogens is 352 g/mol. The van der Waals surface area contributed by atoms with Crippen LogP contribution in [0.15, 0.2) is 72.1 Å². The predicted molar refractivity (Wildman–Crippen MR) is 112 cm³/mol. The van der Waals surface area contributed by atoms with E-state index in [0.29, 0.717) is 12.2 Å². The number of hydrogen-bond donors (Lipinski definition) is 1. The fourth-order valence-electron chi connectivity index (χ4n) is 3.51. The van der Waals surface area contributed by atoms with Gasteiger partial charge in [0.05, 0.1) is 16.3 Å². The number of thiophene rings is 1. The molecule has 0 spiro atoms. The zero-order chi connectivity index (χ0) is 18.8. The molecule has 2 aromatic heterocycles. The largest absolute Gasteiger partial charge is 0.347 e. The lowest BCUT2D eigenvalue weighted by Crippen LogP contribution is -2.26. The van der Waals surface area contributed by atoms with Crippen molar-refractivity contribution in [1.29, 1.82) is 0 Å². The summed E-state index contributed by atoms with van der Waals surface area (Å²) in [6, 6.07) is 22.7. The zero-order valence-corrected chi connectivity index (χ0v) is 16.3. The molecule has 4 rings (SSSR count). The summed E-state index contributed by atoms with van der Waals surface area (Å²) in [4.78, 5) is 13.0. The van der Waals surface area contributed by atoms with E-state index in [1.807, 2.05) is 36.4 Å². The van der Waals surface area contributed by atoms with Crippen LogP contribution in [0.4, 0.5) is 0 Å². The van der Waals surface area contributed by atoms with Crippen molar-refractivity contribution in [3.05, 3.63) is 94.5 Å². The summed E-state index contributed by atoms with van der Waals surface area (Å²) in [7, 11) is 0. The van der Waals surface area contributed by atoms with Crippen molar-refractivity contribution >= 4 is 27.5 Å². The number of carbonyl (C=O) groups excluding carboxylic acids is 1. The van der Waals surface area contributed by atoms with Crippen LogP contribution >= 0.6 is 11.3 Å². The first-order valence-electron chi connectivity index (χ1n) is 9.10. The first kappa shape index (κ1) is 17.6. The molecule has 1 amide bonds. The molecule has 1 atom stereocenters. The highest BCUT2D eigenvalue weighted by molar-refractivity contribution is 7.17. The third-order valence-electron chi connectivity index (χ3n) is 4.90. The second-order valence-corrected chi connectivity index (χ2v) is 7.78. The predicted octanol–water partition coefficient (Wildman–Crippen LogP) is 5.55. The molecule has 0 saturated carbocycles. The minimum absolute atomic E-state index is 0.0392. The quantitative estimate of drug-likeness (QED) is 0.488. The number of benzene rings is 2. The van der Waals surface area contributed by atoms with Crippen molar-refractivity contribution in [2.75, 3.05) is 0 Å². The lowest BCUT2D eigenvalue weighted by atomic mass is 10.1. The second kappa shape index (κ2) is 7.41. The van der Waals surface area contributed by atoms with Crippen LogP contribution in [0.3, 0.4) is 0 Å². The van der Waals surface area contributed by atoms with Gasteiger partial charge in [-0.3, -0.25) is 4.79 Å². The Bertz CT molecular complexity index is 1080. The molecule has 4 aromatic rings. The van der Waals surface area contributed by atoms with E-state index in [-0.39, 0.29) is 11.9 Å². The molecule has 136 valence electrons. The Morgan fingerprint density at radius 3 is 2.67 bits per heavy atom. The number of hydrogen-bond acceptors (Lipinski definition) is 2. The topological polar surface area (TPSA) is 34.0 Å². The van der Waals surface area contributed by atoms with Crippen LogP contribution in [0.1, 0.15) is 40.1 Å². The SMILES string of the molecule is Cc1cccc(CNC(=O)c2cc3sccc3n2[C@@H](C)c2ccccc2)c1. The molecule has 0 radical (unpaired) electrons. The van der Waals surface area contributed by atoms with Crippen LogP contribution in [-0.4, -0.2) is 10.5 Å². The molecule has 0 aliphatic heterocycles. The van der Waals surface area contributed by atoms with Gasteiger partial charge in [0.1, 0.15) is 5.69 Å². The Morgan fingerprint density at radius 1 is 1.07 bits per heavy atom. The van der Waals surface area contributed by atoms with Gasteiger partial charge in [-0.05, 0) is 42.5 Å². The monoisotopic (exact) mass is 374 g/mol. The van der Waals surface area contributed by atoms with E-state index >= 15 is 0 Å². The van der Waals surface area contributed by atoms with Gasteiger partial charge in [-0.1, -0.05) is 60.2 Å². The summed E-state index contributed by atoms with van der Waals surface area (Å²) in [5.74, 6) is -0.0392. The van der Waals surface area contributed by atoms with Crippen molar-refractivity contribution in [1.82, 2.24) is 9.88 Å². The molecule has 27 heavy (non-hydrogen) atoms. The fourth-order valence-corrected chi connectivity index (χ4v) is 4.32. The number of fused-ring (bicyclic) bond motifs is 1. The molecule has 2 heterocycles. The summed E-state index contributed by atoms with van der Waals surface area (Å²) >= 11 is 1.67. The average Bonchev–Trinajstić information content (AvgIpc) is 3.27. The molecule has 0 aliphatic rings. The highest BCUT2D eigenvalue weighted by atomic mass is 32.1. The number of aryl methyl sites for hydroxylation is 1. The summed E-state index contributed by atoms with van der Waals surface area (Å²) in [6.07, 6.45) is 0. The van der Waals surface area contributed by atoms with Crippen LogP contribution in [-0.2, 0) is 6.54 Å². The highest BCUT2D eigenvalue weighted by Gasteiger charge is 2.21. The molecule has 0 aliphatic carbocycles. The van der Waals surface area contributed by atoms with E-state index in [9.17, 15) is 4.79 Å². The van der Waals surface area contributed by atoms with E-state index in [1.165, 1.54) is 11.1 Å². The van der Waals surface area contributed by atoms with Crippen LogP contribution < -0.4 is 5.32 Å². The van der Waals surface area contributed by atoms with E-state index in [0.717, 1.165) is 15.8 Å². The Labute approximate surface area is 163 Å². The highest BCUT2D eigenvalue weighted by Crippen LogP contribution is 2.31. The molecule has 1 N–H and O–H groups in total. The molecule has 0 bridgehead atoms. The summed E-state index contributed by atoms with van der Waals surface area (Å²) in [5, 5.41) is 5.16. The molecule has 3 nitrogen and oxygen atoms in total. The molecule has 4 heteroatoms. The van der Waals surface area contributed by atoms with E-state index in [2.05, 4.69) is 59.4 Å². The van der Waals surface area contributed by atoms with E-state index in [4.69, 9.17) is 0 Å². The molecule has 0 unspecified atom stereocenters. The van der Waals surface area contributed by atoms with Gasteiger partial charge in [-0.25, -0.2) is 0 Å². The molecule has 0 fully saturated rings. The van der Waals surface area contributed by atoms with Crippen LogP contribution in [0.2, 0.25) is 0 Å². The minimum atomic E-state index is -0.0392. The van der Waals surface area contributed by atoms with Gasteiger partial charge in [0.2, 0.25) is 0 Å². The molecular formula is C23H22N2OS. The minimum Gasteiger partial charge on any atom is -0.347 e. The van der Waals surface area contributed by atoms with Crippen molar-refractivity contribution < 1.29 is 4.79 Å². The van der Waals surface area contributed by atoms with Crippen LogP contribution in [0, 0.1) is 6.92 Å². The number of carbonyl (C=O) groups is 1. The van der Waals surface area contributed by atoms with Crippen molar-refractivity contribution in [2.45, 2.75) is 26.4 Å². The Kier molecular flexibility index (Phi) is 4.82. The smallest absolute Gasteiger partial charge is 0.268 e. The molecule has 0 saturated heterocycles. The number of rotatable bonds is 5. The van der Waals surface area contributed by atoms with Crippen LogP contribution in [0.25, 0.3) is 10.2 Å². The van der Waals surface area contributed by atoms with Crippen molar-refractivity contribution in [3.63, 3.8) is 0 Å². The third-order valence-corrected chi connectivity index (χ3v) is 5.75. The summed E-state index contributed by atoms with van der Waals surface area (Å²) in [5.41, 5.74) is 5.31. The first-order chi connectivity index (χ1) is 13.1. The summed E-state index contributed by atoms with van der Waals surface area (Å²) in [6.45, 7) is 4.73. The van der Waals surface area contributed by atoms with Crippen molar-refractivity contribution in [3.8, 4) is 0 Å². The zero-order valence-electron chi connectivity index (χ0n) is 15.5. The maximum absolute atomic E-state index is 13.0. The lowest BCUT2D eigenvalue weighted by molar-refractivity contribution is 0.0941. The van der Waals surface area contributed by atoms with Gasteiger partial charge in [-0.2, -0.15) is 0 Å². The van der Waals surface area contributed by atoms with Crippen molar-refractivity contribution in [2.24, 2.45) is 0 Å². The Balaban J connectivity index is 1.65. The Morgan fingerprint density at radius 2 is 1.89 bits per heavy atom. The van der Waals surface area contributed by atoms with Gasteiger partial charge in [0.15, 0.2) is 0 Å². The van der Waals surface area contributed by atoms with E-state index < -0.39 is 0 Å². The van der Waals surface area contributed by atoms with Gasteiger partial charge >= 0.3 is 0 Å². The second-order valence-electron chi connectivity index (χ2n) is 6.83. The maximum Gasteiger partial charge on any atom is 0.268 e. The third kappa shape index (κ3) is 3.53. The number of amides is 1. The van der Waals surface area contributed by atoms with E-state index in [1.54, 1.807) is 11.3 Å². The number of aromatic nitrogens is 1. The number of nitrogens with zero attached hydrogens (tertiary/aromatic N) is 1. The lowest BCUT2D eigenvalue weighted by Gasteiger charge is -2.19. The normalized spacial score (nSPS) is 12.2. The van der Waals surface area contributed by atoms with Gasteiger partial charge in [0, 0.05) is 6.54 Å². The van der Waals surface area contributed by atoms with Gasteiger partial charge in [-0.15, -0.1) is 11.3 Å².